The molecule has 29 heavy (non-hydrogen) atoms. The number of amides is 1. The summed E-state index contributed by atoms with van der Waals surface area (Å²) in [6.45, 7) is 1.91. The highest BCUT2D eigenvalue weighted by Crippen LogP contribution is 2.11. The third kappa shape index (κ3) is 4.06. The van der Waals surface area contributed by atoms with Gasteiger partial charge in [-0.25, -0.2) is 9.37 Å². The third-order valence-electron chi connectivity index (χ3n) is 4.50. The maximum absolute atomic E-state index is 13.3. The van der Waals surface area contributed by atoms with Crippen LogP contribution in [0.1, 0.15) is 11.4 Å². The molecular weight excluding hydrogens is 373 g/mol. The fraction of sp³-hybridized carbons (Fsp3) is 0.143. The first-order valence-corrected chi connectivity index (χ1v) is 9.02. The molecule has 1 amide bonds. The van der Waals surface area contributed by atoms with Crippen molar-refractivity contribution in [1.82, 2.24) is 19.3 Å². The van der Waals surface area contributed by atoms with E-state index in [2.05, 4.69) is 15.4 Å². The Morgan fingerprint density at radius 2 is 2.00 bits per heavy atom. The minimum Gasteiger partial charge on any atom is -0.322 e. The van der Waals surface area contributed by atoms with Crippen molar-refractivity contribution in [3.05, 3.63) is 88.5 Å². The third-order valence-corrected chi connectivity index (χ3v) is 4.50. The molecule has 0 radical (unpaired) electrons. The van der Waals surface area contributed by atoms with Crippen molar-refractivity contribution < 1.29 is 9.18 Å². The summed E-state index contributed by atoms with van der Waals surface area (Å²) < 4.78 is 16.2. The van der Waals surface area contributed by atoms with E-state index in [1.165, 1.54) is 22.9 Å². The number of rotatable bonds is 5. The van der Waals surface area contributed by atoms with E-state index in [-0.39, 0.29) is 23.8 Å². The maximum Gasteiger partial charge on any atom is 0.261 e. The number of fused-ring (bicyclic) bond motifs is 1. The van der Waals surface area contributed by atoms with Crippen LogP contribution in [-0.4, -0.2) is 25.2 Å². The van der Waals surface area contributed by atoms with E-state index in [1.807, 2.05) is 6.07 Å². The van der Waals surface area contributed by atoms with E-state index in [1.54, 1.807) is 48.1 Å². The number of carbonyl (C=O) groups is 1. The molecule has 2 aromatic heterocycles. The number of aromatic nitrogens is 4. The fourth-order valence-electron chi connectivity index (χ4n) is 3.15. The van der Waals surface area contributed by atoms with Gasteiger partial charge in [-0.15, -0.1) is 0 Å². The predicted octanol–water partition coefficient (Wildman–Crippen LogP) is 2.73. The first-order chi connectivity index (χ1) is 14.0. The number of nitrogens with zero attached hydrogens (tertiary/aromatic N) is 4. The van der Waals surface area contributed by atoms with Gasteiger partial charge in [0.1, 0.15) is 18.2 Å². The van der Waals surface area contributed by atoms with Crippen molar-refractivity contribution in [3.63, 3.8) is 0 Å². The second kappa shape index (κ2) is 7.67. The van der Waals surface area contributed by atoms with Crippen LogP contribution in [0.4, 0.5) is 10.1 Å². The molecule has 7 nitrogen and oxygen atoms in total. The lowest BCUT2D eigenvalue weighted by Gasteiger charge is -2.10. The van der Waals surface area contributed by atoms with Gasteiger partial charge >= 0.3 is 0 Å². The summed E-state index contributed by atoms with van der Waals surface area (Å²) in [6, 6.07) is 13.3. The number of hydrogen-bond acceptors (Lipinski definition) is 4. The normalized spacial score (nSPS) is 11.0. The first-order valence-electron chi connectivity index (χ1n) is 9.02. The van der Waals surface area contributed by atoms with Crippen LogP contribution in [0.25, 0.3) is 10.9 Å². The zero-order valence-electron chi connectivity index (χ0n) is 15.7. The predicted molar refractivity (Wildman–Crippen MR) is 107 cm³/mol. The molecule has 0 fully saturated rings. The summed E-state index contributed by atoms with van der Waals surface area (Å²) in [5, 5.41) is 7.37. The highest BCUT2D eigenvalue weighted by molar-refractivity contribution is 5.90. The molecule has 2 aromatic carbocycles. The van der Waals surface area contributed by atoms with Crippen LogP contribution < -0.4 is 10.9 Å². The summed E-state index contributed by atoms with van der Waals surface area (Å²) in [4.78, 5) is 29.5. The number of nitrogens with one attached hydrogen (secondary N) is 1. The second-order valence-corrected chi connectivity index (χ2v) is 6.67. The summed E-state index contributed by atoms with van der Waals surface area (Å²) >= 11 is 0. The number of aryl methyl sites for hydroxylation is 1. The van der Waals surface area contributed by atoms with Gasteiger partial charge in [-0.3, -0.25) is 18.8 Å². The van der Waals surface area contributed by atoms with Crippen LogP contribution >= 0.6 is 0 Å². The smallest absolute Gasteiger partial charge is 0.261 e. The monoisotopic (exact) mass is 391 g/mol. The minimum absolute atomic E-state index is 0.155. The molecule has 1 N–H and O–H groups in total. The average molecular weight is 391 g/mol. The molecule has 0 saturated carbocycles. The Morgan fingerprint density at radius 3 is 2.83 bits per heavy atom. The summed E-state index contributed by atoms with van der Waals surface area (Å²) in [5.74, 6) is -0.212. The van der Waals surface area contributed by atoms with Gasteiger partial charge in [0.2, 0.25) is 5.91 Å². The molecule has 0 unspecified atom stereocenters. The highest BCUT2D eigenvalue weighted by atomic mass is 19.1. The molecule has 0 saturated heterocycles. The number of anilines is 1. The van der Waals surface area contributed by atoms with Gasteiger partial charge in [0.25, 0.3) is 5.56 Å². The van der Waals surface area contributed by atoms with E-state index >= 15 is 0 Å². The molecule has 8 heteroatoms. The van der Waals surface area contributed by atoms with Crippen molar-refractivity contribution in [2.45, 2.75) is 20.0 Å². The van der Waals surface area contributed by atoms with Gasteiger partial charge in [-0.1, -0.05) is 24.3 Å². The molecule has 0 bridgehead atoms. The Morgan fingerprint density at radius 1 is 1.17 bits per heavy atom. The lowest BCUT2D eigenvalue weighted by atomic mass is 10.2. The van der Waals surface area contributed by atoms with E-state index < -0.39 is 0 Å². The number of hydrogen-bond donors (Lipinski definition) is 1. The Kier molecular flexibility index (Phi) is 4.90. The van der Waals surface area contributed by atoms with Crippen LogP contribution in [0.3, 0.4) is 0 Å². The van der Waals surface area contributed by atoms with Gasteiger partial charge < -0.3 is 5.32 Å². The molecule has 0 aliphatic carbocycles. The Balaban J connectivity index is 1.47. The highest BCUT2D eigenvalue weighted by Gasteiger charge is 2.12. The van der Waals surface area contributed by atoms with Crippen molar-refractivity contribution in [2.75, 3.05) is 5.32 Å². The fourth-order valence-corrected chi connectivity index (χ4v) is 3.15. The van der Waals surface area contributed by atoms with Crippen molar-refractivity contribution in [3.8, 4) is 0 Å². The van der Waals surface area contributed by atoms with Crippen LogP contribution in [-0.2, 0) is 17.9 Å². The van der Waals surface area contributed by atoms with Gasteiger partial charge in [-0.2, -0.15) is 5.10 Å². The molecule has 4 rings (SSSR count). The summed E-state index contributed by atoms with van der Waals surface area (Å²) in [6.07, 6.45) is 3.16. The maximum atomic E-state index is 13.3. The van der Waals surface area contributed by atoms with Gasteiger partial charge in [0.15, 0.2) is 0 Å². The average Bonchev–Trinajstić information content (AvgIpc) is 3.12. The molecule has 0 aliphatic heterocycles. The van der Waals surface area contributed by atoms with E-state index in [4.69, 9.17) is 0 Å². The number of benzene rings is 2. The molecule has 2 heterocycles. The second-order valence-electron chi connectivity index (χ2n) is 6.67. The zero-order valence-corrected chi connectivity index (χ0v) is 15.7. The van der Waals surface area contributed by atoms with Crippen LogP contribution in [0.5, 0.6) is 0 Å². The van der Waals surface area contributed by atoms with E-state index in [9.17, 15) is 14.0 Å². The lowest BCUT2D eigenvalue weighted by Crippen LogP contribution is -2.30. The lowest BCUT2D eigenvalue weighted by molar-refractivity contribution is -0.116. The van der Waals surface area contributed by atoms with Crippen molar-refractivity contribution >= 4 is 22.5 Å². The first kappa shape index (κ1) is 18.5. The SMILES string of the molecule is Cc1nc2ccccc2c(=O)n1CC(=O)Nc1cnn(Cc2cccc(F)c2)c1. The molecule has 0 aliphatic rings. The van der Waals surface area contributed by atoms with E-state index in [0.29, 0.717) is 29.0 Å². The Labute approximate surface area is 165 Å². The standard InChI is InChI=1S/C21H18FN5O2/c1-14-24-19-8-3-2-7-18(19)21(29)27(14)13-20(28)25-17-10-23-26(12-17)11-15-5-4-6-16(22)9-15/h2-10,12H,11,13H2,1H3,(H,25,28). The van der Waals surface area contributed by atoms with Crippen LogP contribution in [0.2, 0.25) is 0 Å². The van der Waals surface area contributed by atoms with Gasteiger partial charge in [0.05, 0.1) is 29.3 Å². The van der Waals surface area contributed by atoms with Gasteiger partial charge in [-0.05, 0) is 36.8 Å². The molecular formula is C21H18FN5O2. The quantitative estimate of drug-likeness (QED) is 0.567. The van der Waals surface area contributed by atoms with Crippen LogP contribution in [0, 0.1) is 12.7 Å². The van der Waals surface area contributed by atoms with Crippen molar-refractivity contribution in [1.29, 1.82) is 0 Å². The summed E-state index contributed by atoms with van der Waals surface area (Å²) in [7, 11) is 0. The topological polar surface area (TPSA) is 81.8 Å². The number of halogens is 1. The van der Waals surface area contributed by atoms with Crippen molar-refractivity contribution in [2.24, 2.45) is 0 Å². The Bertz CT molecular complexity index is 1260. The van der Waals surface area contributed by atoms with Crippen LogP contribution in [0.15, 0.2) is 65.7 Å². The summed E-state index contributed by atoms with van der Waals surface area (Å²) in [5.41, 5.74) is 1.59. The largest absolute Gasteiger partial charge is 0.322 e. The zero-order chi connectivity index (χ0) is 20.4. The van der Waals surface area contributed by atoms with E-state index in [0.717, 1.165) is 5.56 Å². The molecule has 0 spiro atoms. The van der Waals surface area contributed by atoms with Gasteiger partial charge in [0, 0.05) is 6.20 Å². The molecule has 0 atom stereocenters. The number of para-hydroxylation sites is 1. The number of carbonyl (C=O) groups excluding carboxylic acids is 1. The Hall–Kier alpha value is -3.81. The minimum atomic E-state index is -0.363. The molecule has 146 valence electrons. The molecule has 4 aromatic rings.